The molecular weight excluding hydrogens is 254 g/mol. The van der Waals surface area contributed by atoms with Gasteiger partial charge in [0.15, 0.2) is 17.3 Å². The highest BCUT2D eigenvalue weighted by atomic mass is 16.3. The summed E-state index contributed by atoms with van der Waals surface area (Å²) in [4.78, 5) is 14.5. The van der Waals surface area contributed by atoms with Crippen molar-refractivity contribution in [1.29, 1.82) is 0 Å². The number of hydrogen-bond acceptors (Lipinski definition) is 4. The first-order valence-electron chi connectivity index (χ1n) is 7.17. The molecule has 0 bridgehead atoms. The van der Waals surface area contributed by atoms with E-state index in [4.69, 9.17) is 0 Å². The van der Waals surface area contributed by atoms with Crippen molar-refractivity contribution in [2.45, 2.75) is 33.2 Å². The zero-order chi connectivity index (χ0) is 14.9. The fourth-order valence-electron chi connectivity index (χ4n) is 3.01. The molecule has 2 N–H and O–H groups in total. The molecular formula is C16H23NO3. The molecule has 0 amide bonds. The normalized spacial score (nSPS) is 27.4. The summed E-state index contributed by atoms with van der Waals surface area (Å²) >= 11 is 0. The molecule has 110 valence electrons. The van der Waals surface area contributed by atoms with Gasteiger partial charge in [0.1, 0.15) is 0 Å². The lowest BCUT2D eigenvalue weighted by Gasteiger charge is -2.40. The fourth-order valence-corrected chi connectivity index (χ4v) is 3.01. The van der Waals surface area contributed by atoms with Crippen molar-refractivity contribution in [3.05, 3.63) is 23.8 Å². The maximum atomic E-state index is 12.3. The number of Topliss-reactive ketones (excluding diaryl/α,β-unsaturated/α-hetero) is 1. The van der Waals surface area contributed by atoms with Gasteiger partial charge in [-0.15, -0.1) is 0 Å². The Morgan fingerprint density at radius 1 is 1.25 bits per heavy atom. The maximum absolute atomic E-state index is 12.3. The number of rotatable bonds is 3. The van der Waals surface area contributed by atoms with E-state index < -0.39 is 0 Å². The van der Waals surface area contributed by atoms with Crippen molar-refractivity contribution in [1.82, 2.24) is 4.90 Å². The second-order valence-electron chi connectivity index (χ2n) is 6.11. The molecule has 0 aliphatic carbocycles. The summed E-state index contributed by atoms with van der Waals surface area (Å²) in [6.45, 7) is 7.90. The lowest BCUT2D eigenvalue weighted by atomic mass is 9.86. The molecule has 1 heterocycles. The summed E-state index contributed by atoms with van der Waals surface area (Å²) in [5.74, 6) is 0.717. The lowest BCUT2D eigenvalue weighted by Crippen LogP contribution is -2.47. The Labute approximate surface area is 120 Å². The quantitative estimate of drug-likeness (QED) is 0.658. The number of likely N-dealkylation sites (tertiary alicyclic amines) is 1. The first kappa shape index (κ1) is 14.9. The van der Waals surface area contributed by atoms with Crippen molar-refractivity contribution >= 4 is 5.78 Å². The van der Waals surface area contributed by atoms with Crippen LogP contribution in [0.4, 0.5) is 0 Å². The molecule has 0 aromatic heterocycles. The Balaban J connectivity index is 2.08. The molecule has 4 heteroatoms. The summed E-state index contributed by atoms with van der Waals surface area (Å²) in [7, 11) is 0. The van der Waals surface area contributed by atoms with Crippen LogP contribution in [0.2, 0.25) is 0 Å². The van der Waals surface area contributed by atoms with Crippen LogP contribution in [0.25, 0.3) is 0 Å². The molecule has 1 aliphatic rings. The Bertz CT molecular complexity index is 500. The molecule has 2 rings (SSSR count). The van der Waals surface area contributed by atoms with Crippen LogP contribution in [-0.4, -0.2) is 40.0 Å². The van der Waals surface area contributed by atoms with Crippen molar-refractivity contribution < 1.29 is 15.0 Å². The minimum atomic E-state index is -0.246. The van der Waals surface area contributed by atoms with Crippen molar-refractivity contribution in [3.63, 3.8) is 0 Å². The molecule has 1 fully saturated rings. The van der Waals surface area contributed by atoms with E-state index in [1.807, 2.05) is 0 Å². The van der Waals surface area contributed by atoms with Gasteiger partial charge in [-0.05, 0) is 43.4 Å². The number of benzene rings is 1. The van der Waals surface area contributed by atoms with E-state index in [0.29, 0.717) is 30.0 Å². The van der Waals surface area contributed by atoms with E-state index in [2.05, 4.69) is 25.7 Å². The molecule has 0 spiro atoms. The van der Waals surface area contributed by atoms with Gasteiger partial charge in [-0.25, -0.2) is 0 Å². The van der Waals surface area contributed by atoms with E-state index in [1.54, 1.807) is 6.07 Å². The van der Waals surface area contributed by atoms with Crippen molar-refractivity contribution in [2.75, 3.05) is 13.1 Å². The third-order valence-electron chi connectivity index (χ3n) is 4.36. The number of hydrogen-bond donors (Lipinski definition) is 2. The van der Waals surface area contributed by atoms with Gasteiger partial charge in [0, 0.05) is 18.2 Å². The number of aromatic hydroxyl groups is 2. The monoisotopic (exact) mass is 277 g/mol. The third kappa shape index (κ3) is 3.12. The molecule has 1 aliphatic heterocycles. The number of phenols is 2. The highest BCUT2D eigenvalue weighted by Gasteiger charge is 2.30. The number of nitrogens with zero attached hydrogens (tertiary/aromatic N) is 1. The van der Waals surface area contributed by atoms with Crippen molar-refractivity contribution in [3.8, 4) is 11.5 Å². The van der Waals surface area contributed by atoms with E-state index >= 15 is 0 Å². The summed E-state index contributed by atoms with van der Waals surface area (Å²) in [5.41, 5.74) is 0.443. The third-order valence-corrected chi connectivity index (χ3v) is 4.36. The minimum Gasteiger partial charge on any atom is -0.504 e. The van der Waals surface area contributed by atoms with Gasteiger partial charge in [0.05, 0.1) is 6.54 Å². The van der Waals surface area contributed by atoms with Gasteiger partial charge in [-0.1, -0.05) is 13.8 Å². The smallest absolute Gasteiger partial charge is 0.176 e. The predicted octanol–water partition coefficient (Wildman–Crippen LogP) is 2.65. The van der Waals surface area contributed by atoms with Crippen LogP contribution in [0, 0.1) is 11.8 Å². The highest BCUT2D eigenvalue weighted by Crippen LogP contribution is 2.28. The van der Waals surface area contributed by atoms with E-state index in [9.17, 15) is 15.0 Å². The topological polar surface area (TPSA) is 60.8 Å². The number of ketones is 1. The molecule has 1 aromatic rings. The molecule has 1 saturated heterocycles. The van der Waals surface area contributed by atoms with Crippen LogP contribution >= 0.6 is 0 Å². The molecule has 3 atom stereocenters. The standard InChI is InChI=1S/C16H23NO3/c1-10-6-11(2)12(3)17(8-10)9-16(20)13-4-5-14(18)15(19)7-13/h4-5,7,10-12,18-19H,6,8-9H2,1-3H3. The average Bonchev–Trinajstić information content (AvgIpc) is 2.38. The number of piperidine rings is 1. The van der Waals surface area contributed by atoms with E-state index in [1.165, 1.54) is 18.6 Å². The van der Waals surface area contributed by atoms with Gasteiger partial charge < -0.3 is 10.2 Å². The molecule has 4 nitrogen and oxygen atoms in total. The second-order valence-corrected chi connectivity index (χ2v) is 6.11. The van der Waals surface area contributed by atoms with E-state index in [-0.39, 0.29) is 17.3 Å². The number of phenolic OH excluding ortho intramolecular Hbond substituents is 2. The van der Waals surface area contributed by atoms with Crippen LogP contribution in [0.3, 0.4) is 0 Å². The zero-order valence-electron chi connectivity index (χ0n) is 12.3. The van der Waals surface area contributed by atoms with Crippen LogP contribution in [0.5, 0.6) is 11.5 Å². The average molecular weight is 277 g/mol. The Morgan fingerprint density at radius 3 is 2.60 bits per heavy atom. The predicted molar refractivity (Wildman–Crippen MR) is 78.1 cm³/mol. The minimum absolute atomic E-state index is 0.0200. The molecule has 3 unspecified atom stereocenters. The summed E-state index contributed by atoms with van der Waals surface area (Å²) in [5, 5.41) is 18.8. The Kier molecular flexibility index (Phi) is 4.33. The van der Waals surface area contributed by atoms with Crippen LogP contribution in [0.1, 0.15) is 37.6 Å². The van der Waals surface area contributed by atoms with E-state index in [0.717, 1.165) is 6.54 Å². The summed E-state index contributed by atoms with van der Waals surface area (Å²) in [6.07, 6.45) is 1.20. The fraction of sp³-hybridized carbons (Fsp3) is 0.562. The van der Waals surface area contributed by atoms with Crippen LogP contribution < -0.4 is 0 Å². The van der Waals surface area contributed by atoms with Gasteiger partial charge >= 0.3 is 0 Å². The summed E-state index contributed by atoms with van der Waals surface area (Å²) in [6, 6.07) is 4.63. The molecule has 1 aromatic carbocycles. The Hall–Kier alpha value is -1.55. The Morgan fingerprint density at radius 2 is 1.95 bits per heavy atom. The molecule has 20 heavy (non-hydrogen) atoms. The second kappa shape index (κ2) is 5.83. The number of carbonyl (C=O) groups excluding carboxylic acids is 1. The summed E-state index contributed by atoms with van der Waals surface area (Å²) < 4.78 is 0. The highest BCUT2D eigenvalue weighted by molar-refractivity contribution is 5.98. The lowest BCUT2D eigenvalue weighted by molar-refractivity contribution is 0.0649. The van der Waals surface area contributed by atoms with Crippen molar-refractivity contribution in [2.24, 2.45) is 11.8 Å². The zero-order valence-corrected chi connectivity index (χ0v) is 12.3. The van der Waals surface area contributed by atoms with Gasteiger partial charge in [0.2, 0.25) is 0 Å². The first-order chi connectivity index (χ1) is 9.38. The SMILES string of the molecule is CC1CC(C)C(C)N(CC(=O)c2ccc(O)c(O)c2)C1. The molecule has 0 saturated carbocycles. The largest absolute Gasteiger partial charge is 0.504 e. The molecule has 0 radical (unpaired) electrons. The first-order valence-corrected chi connectivity index (χ1v) is 7.17. The van der Waals surface area contributed by atoms with Crippen LogP contribution in [-0.2, 0) is 0 Å². The van der Waals surface area contributed by atoms with Gasteiger partial charge in [-0.2, -0.15) is 0 Å². The maximum Gasteiger partial charge on any atom is 0.176 e. The van der Waals surface area contributed by atoms with Crippen LogP contribution in [0.15, 0.2) is 18.2 Å². The number of carbonyl (C=O) groups is 1. The van der Waals surface area contributed by atoms with Gasteiger partial charge in [0.25, 0.3) is 0 Å². The van der Waals surface area contributed by atoms with Gasteiger partial charge in [-0.3, -0.25) is 9.69 Å².